The van der Waals surface area contributed by atoms with E-state index in [2.05, 4.69) is 13.8 Å². The Kier molecular flexibility index (Phi) is 6.81. The van der Waals surface area contributed by atoms with E-state index in [0.717, 1.165) is 11.1 Å². The zero-order valence-corrected chi connectivity index (χ0v) is 19.7. The van der Waals surface area contributed by atoms with Gasteiger partial charge in [-0.1, -0.05) is 67.9 Å². The standard InChI is InChI=1S/C24H26ClNO5S/c1-23(2)14-30-24(31-15-23,18-8-10-19(25)11-9-18)16-32-13-21(27)26-20(12-29-22(26)28)17-6-4-3-5-7-17/h3-11,20H,12-16H2,1-2H3/t20-/m1/s1. The number of benzene rings is 2. The third-order valence-electron chi connectivity index (χ3n) is 5.52. The van der Waals surface area contributed by atoms with E-state index in [1.165, 1.54) is 16.7 Å². The van der Waals surface area contributed by atoms with Crippen molar-refractivity contribution < 1.29 is 23.8 Å². The second kappa shape index (κ2) is 9.43. The molecule has 2 aliphatic rings. The highest BCUT2D eigenvalue weighted by Crippen LogP contribution is 2.39. The molecule has 32 heavy (non-hydrogen) atoms. The average molecular weight is 476 g/mol. The number of halogens is 1. The van der Waals surface area contributed by atoms with Gasteiger partial charge in [-0.15, -0.1) is 11.8 Å². The molecule has 1 atom stereocenters. The summed E-state index contributed by atoms with van der Waals surface area (Å²) in [6.45, 7) is 5.38. The van der Waals surface area contributed by atoms with Crippen molar-refractivity contribution in [2.24, 2.45) is 5.41 Å². The van der Waals surface area contributed by atoms with Gasteiger partial charge in [-0.05, 0) is 17.7 Å². The van der Waals surface area contributed by atoms with Crippen LogP contribution in [0.25, 0.3) is 0 Å². The highest BCUT2D eigenvalue weighted by atomic mass is 35.5. The van der Waals surface area contributed by atoms with Crippen molar-refractivity contribution in [3.8, 4) is 0 Å². The van der Waals surface area contributed by atoms with Gasteiger partial charge in [0.05, 0.1) is 24.7 Å². The van der Waals surface area contributed by atoms with Crippen molar-refractivity contribution in [3.05, 3.63) is 70.7 Å². The van der Waals surface area contributed by atoms with Crippen LogP contribution in [0.15, 0.2) is 54.6 Å². The highest BCUT2D eigenvalue weighted by molar-refractivity contribution is 8.00. The Morgan fingerprint density at radius 1 is 1.09 bits per heavy atom. The zero-order chi connectivity index (χ0) is 22.8. The number of carbonyl (C=O) groups excluding carboxylic acids is 2. The minimum absolute atomic E-state index is 0.0986. The largest absolute Gasteiger partial charge is 0.446 e. The third-order valence-corrected chi connectivity index (χ3v) is 6.81. The summed E-state index contributed by atoms with van der Waals surface area (Å²) in [5.74, 6) is -0.775. The van der Waals surface area contributed by atoms with E-state index >= 15 is 0 Å². The Balaban J connectivity index is 1.45. The van der Waals surface area contributed by atoms with E-state index < -0.39 is 17.9 Å². The number of cyclic esters (lactones) is 1. The second-order valence-electron chi connectivity index (χ2n) is 8.76. The first-order valence-electron chi connectivity index (χ1n) is 10.5. The third kappa shape index (κ3) is 4.96. The fourth-order valence-corrected chi connectivity index (χ4v) is 4.85. The summed E-state index contributed by atoms with van der Waals surface area (Å²) in [6.07, 6.45) is -0.608. The number of thioether (sulfide) groups is 1. The molecule has 2 aromatic rings. The fourth-order valence-electron chi connectivity index (χ4n) is 3.70. The van der Waals surface area contributed by atoms with Gasteiger partial charge in [-0.2, -0.15) is 0 Å². The van der Waals surface area contributed by atoms with Crippen LogP contribution in [-0.2, 0) is 24.8 Å². The summed E-state index contributed by atoms with van der Waals surface area (Å²) in [5.41, 5.74) is 1.62. The molecule has 2 amide bonds. The van der Waals surface area contributed by atoms with E-state index in [1.54, 1.807) is 12.1 Å². The maximum atomic E-state index is 13.0. The second-order valence-corrected chi connectivity index (χ2v) is 10.2. The number of hydrogen-bond donors (Lipinski definition) is 0. The Labute approximate surface area is 197 Å². The molecule has 0 spiro atoms. The number of amides is 2. The molecule has 2 aromatic carbocycles. The van der Waals surface area contributed by atoms with Crippen LogP contribution in [-0.4, -0.2) is 48.2 Å². The summed E-state index contributed by atoms with van der Waals surface area (Å²) in [7, 11) is 0. The van der Waals surface area contributed by atoms with E-state index in [1.807, 2.05) is 42.5 Å². The molecule has 2 heterocycles. The van der Waals surface area contributed by atoms with Crippen LogP contribution in [0, 0.1) is 5.41 Å². The van der Waals surface area contributed by atoms with E-state index in [4.69, 9.17) is 25.8 Å². The van der Waals surface area contributed by atoms with Gasteiger partial charge in [-0.25, -0.2) is 9.69 Å². The van der Waals surface area contributed by atoms with E-state index in [-0.39, 0.29) is 23.7 Å². The molecule has 0 radical (unpaired) electrons. The van der Waals surface area contributed by atoms with Crippen LogP contribution < -0.4 is 0 Å². The lowest BCUT2D eigenvalue weighted by atomic mass is 9.93. The molecule has 0 saturated carbocycles. The van der Waals surface area contributed by atoms with Crippen molar-refractivity contribution in [3.63, 3.8) is 0 Å². The Bertz CT molecular complexity index is 956. The van der Waals surface area contributed by atoms with Gasteiger partial charge in [0.25, 0.3) is 0 Å². The summed E-state index contributed by atoms with van der Waals surface area (Å²) in [4.78, 5) is 26.5. The van der Waals surface area contributed by atoms with Crippen molar-refractivity contribution in [1.82, 2.24) is 4.90 Å². The molecule has 0 unspecified atom stereocenters. The predicted octanol–water partition coefficient (Wildman–Crippen LogP) is 5.02. The maximum absolute atomic E-state index is 13.0. The number of hydrogen-bond acceptors (Lipinski definition) is 6. The lowest BCUT2D eigenvalue weighted by Crippen LogP contribution is -2.47. The van der Waals surface area contributed by atoms with Crippen LogP contribution in [0.4, 0.5) is 4.79 Å². The molecule has 0 aromatic heterocycles. The topological polar surface area (TPSA) is 65.1 Å². The molecule has 0 aliphatic carbocycles. The molecule has 0 N–H and O–H groups in total. The summed E-state index contributed by atoms with van der Waals surface area (Å²) < 4.78 is 17.6. The molecule has 2 fully saturated rings. The molecule has 8 heteroatoms. The van der Waals surface area contributed by atoms with Gasteiger partial charge in [0, 0.05) is 16.0 Å². The molecular formula is C24H26ClNO5S. The van der Waals surface area contributed by atoms with E-state index in [0.29, 0.717) is 24.0 Å². The SMILES string of the molecule is CC1(C)COC(CSCC(=O)N2C(=O)OC[C@@H]2c2ccccc2)(c2ccc(Cl)cc2)OC1. The van der Waals surface area contributed by atoms with Crippen molar-refractivity contribution in [2.45, 2.75) is 25.7 Å². The lowest BCUT2D eigenvalue weighted by molar-refractivity contribution is -0.295. The monoisotopic (exact) mass is 475 g/mol. The van der Waals surface area contributed by atoms with Crippen LogP contribution in [0.1, 0.15) is 31.0 Å². The van der Waals surface area contributed by atoms with Gasteiger partial charge in [0.1, 0.15) is 12.6 Å². The first-order valence-corrected chi connectivity index (χ1v) is 12.0. The van der Waals surface area contributed by atoms with Crippen LogP contribution in [0.2, 0.25) is 5.02 Å². The number of carbonyl (C=O) groups is 2. The smallest absolute Gasteiger partial charge is 0.417 e. The van der Waals surface area contributed by atoms with Gasteiger partial charge in [0.2, 0.25) is 11.7 Å². The first-order chi connectivity index (χ1) is 15.3. The molecule has 6 nitrogen and oxygen atoms in total. The molecule has 2 saturated heterocycles. The van der Waals surface area contributed by atoms with Crippen LogP contribution in [0.5, 0.6) is 0 Å². The van der Waals surface area contributed by atoms with Crippen molar-refractivity contribution in [2.75, 3.05) is 31.3 Å². The minimum atomic E-state index is -0.977. The minimum Gasteiger partial charge on any atom is -0.446 e. The summed E-state index contributed by atoms with van der Waals surface area (Å²) in [6, 6.07) is 16.4. The number of nitrogens with zero attached hydrogens (tertiary/aromatic N) is 1. The molecule has 170 valence electrons. The quantitative estimate of drug-likeness (QED) is 0.584. The first kappa shape index (κ1) is 23.1. The molecule has 4 rings (SSSR count). The Hall–Kier alpha value is -2.06. The normalized spacial score (nSPS) is 21.9. The number of rotatable bonds is 6. The molecular weight excluding hydrogens is 450 g/mol. The number of imide groups is 1. The van der Waals surface area contributed by atoms with Gasteiger partial charge >= 0.3 is 6.09 Å². The fraction of sp³-hybridized carbons (Fsp3) is 0.417. The summed E-state index contributed by atoms with van der Waals surface area (Å²) in [5, 5.41) is 0.627. The Morgan fingerprint density at radius 3 is 2.41 bits per heavy atom. The maximum Gasteiger partial charge on any atom is 0.417 e. The van der Waals surface area contributed by atoms with Gasteiger partial charge < -0.3 is 14.2 Å². The van der Waals surface area contributed by atoms with Gasteiger partial charge in [0.15, 0.2) is 0 Å². The molecule has 0 bridgehead atoms. The summed E-state index contributed by atoms with van der Waals surface area (Å²) >= 11 is 7.43. The number of ether oxygens (including phenoxy) is 3. The average Bonchev–Trinajstić information content (AvgIpc) is 3.18. The lowest BCUT2D eigenvalue weighted by Gasteiger charge is -2.43. The van der Waals surface area contributed by atoms with Crippen molar-refractivity contribution >= 4 is 35.4 Å². The van der Waals surface area contributed by atoms with Gasteiger partial charge in [-0.3, -0.25) is 4.79 Å². The predicted molar refractivity (Wildman–Crippen MR) is 124 cm³/mol. The van der Waals surface area contributed by atoms with Crippen LogP contribution in [0.3, 0.4) is 0 Å². The Morgan fingerprint density at radius 2 is 1.75 bits per heavy atom. The van der Waals surface area contributed by atoms with E-state index in [9.17, 15) is 9.59 Å². The van der Waals surface area contributed by atoms with Crippen molar-refractivity contribution in [1.29, 1.82) is 0 Å². The highest BCUT2D eigenvalue weighted by Gasteiger charge is 2.43. The van der Waals surface area contributed by atoms with Crippen LogP contribution >= 0.6 is 23.4 Å². The zero-order valence-electron chi connectivity index (χ0n) is 18.1. The molecule has 2 aliphatic heterocycles.